The van der Waals surface area contributed by atoms with Crippen LogP contribution in [0.3, 0.4) is 0 Å². The van der Waals surface area contributed by atoms with Crippen molar-refractivity contribution in [2.75, 3.05) is 0 Å². The van der Waals surface area contributed by atoms with Crippen molar-refractivity contribution >= 4 is 20.9 Å². The first kappa shape index (κ1) is 43.9. The van der Waals surface area contributed by atoms with Gasteiger partial charge in [-0.2, -0.15) is 8.42 Å². The molecule has 0 aliphatic carbocycles. The second kappa shape index (κ2) is 26.1. The predicted molar refractivity (Wildman–Crippen MR) is 179 cm³/mol. The fourth-order valence-electron chi connectivity index (χ4n) is 3.13. The molecule has 0 radical (unpaired) electrons. The molecule has 3 rings (SSSR count). The van der Waals surface area contributed by atoms with Crippen molar-refractivity contribution in [1.82, 2.24) is 0 Å². The number of rotatable bonds is 3. The molecule has 0 heterocycles. The van der Waals surface area contributed by atoms with Gasteiger partial charge in [-0.25, -0.2) is 0 Å². The summed E-state index contributed by atoms with van der Waals surface area (Å²) in [7, 11) is -4.18. The molecule has 0 aliphatic rings. The van der Waals surface area contributed by atoms with Crippen LogP contribution in [0.1, 0.15) is 130 Å². The number of hydrogen-bond donors (Lipinski definition) is 1. The van der Waals surface area contributed by atoms with Crippen LogP contribution in [-0.2, 0) is 16.5 Å². The van der Waals surface area contributed by atoms with Gasteiger partial charge in [0.1, 0.15) is 0 Å². The Balaban J connectivity index is -0.000000256. The molecule has 1 N–H and O–H groups in total. The summed E-state index contributed by atoms with van der Waals surface area (Å²) >= 11 is 0. The van der Waals surface area contributed by atoms with Crippen LogP contribution < -0.4 is 0 Å². The first-order valence-electron chi connectivity index (χ1n) is 15.0. The minimum atomic E-state index is -4.18. The van der Waals surface area contributed by atoms with E-state index in [1.807, 2.05) is 74.4 Å². The highest BCUT2D eigenvalue weighted by Gasteiger charge is 2.17. The van der Waals surface area contributed by atoms with E-state index in [1.54, 1.807) is 13.0 Å². The molecule has 0 fully saturated rings. The molecule has 0 unspecified atom stereocenters. The van der Waals surface area contributed by atoms with Crippen molar-refractivity contribution in [3.8, 4) is 0 Å². The Bertz CT molecular complexity index is 1080. The van der Waals surface area contributed by atoms with E-state index in [1.165, 1.54) is 17.5 Å². The molecule has 0 amide bonds. The molecule has 3 nitrogen and oxygen atoms in total. The maximum Gasteiger partial charge on any atom is 0.294 e. The van der Waals surface area contributed by atoms with E-state index < -0.39 is 10.1 Å². The molecule has 0 spiro atoms. The highest BCUT2D eigenvalue weighted by atomic mass is 32.2. The summed E-state index contributed by atoms with van der Waals surface area (Å²) < 4.78 is 32.2. The van der Waals surface area contributed by atoms with Crippen LogP contribution in [0.2, 0.25) is 0 Å². The van der Waals surface area contributed by atoms with Gasteiger partial charge in [0.25, 0.3) is 10.1 Å². The molecular weight excluding hydrogens is 500 g/mol. The molecule has 0 aliphatic heterocycles. The van der Waals surface area contributed by atoms with E-state index in [9.17, 15) is 13.0 Å². The number of aryl methyl sites for hydroxylation is 3. The fraction of sp³-hybridized carbons (Fsp3) is 0.543. The van der Waals surface area contributed by atoms with Gasteiger partial charge in [-0.15, -0.1) is 0 Å². The molecular formula is C35H62O3S. The van der Waals surface area contributed by atoms with Crippen LogP contribution >= 0.6 is 0 Å². The SMILES string of the molecule is CC.CC.CC.CC.CCC.CCc1ccc(C)cc1.Cc1c(S(=O)(=O)O)cc2cc(C(C)C)ccc2c1C. The van der Waals surface area contributed by atoms with Gasteiger partial charge >= 0.3 is 0 Å². The molecule has 4 heteroatoms. The first-order valence-corrected chi connectivity index (χ1v) is 16.5. The zero-order valence-electron chi connectivity index (χ0n) is 28.3. The monoisotopic (exact) mass is 562 g/mol. The van der Waals surface area contributed by atoms with E-state index in [0.29, 0.717) is 11.5 Å². The Morgan fingerprint density at radius 1 is 0.692 bits per heavy atom. The van der Waals surface area contributed by atoms with Crippen molar-refractivity contribution in [3.63, 3.8) is 0 Å². The molecule has 3 aromatic carbocycles. The van der Waals surface area contributed by atoms with E-state index in [2.05, 4.69) is 71.9 Å². The van der Waals surface area contributed by atoms with Crippen molar-refractivity contribution in [3.05, 3.63) is 76.3 Å². The lowest BCUT2D eigenvalue weighted by Gasteiger charge is -2.13. The predicted octanol–water partition coefficient (Wildman–Crippen LogP) is 11.9. The number of benzene rings is 3. The third-order valence-electron chi connectivity index (χ3n) is 5.17. The average Bonchev–Trinajstić information content (AvgIpc) is 2.95. The first-order chi connectivity index (χ1) is 18.5. The van der Waals surface area contributed by atoms with Gasteiger partial charge < -0.3 is 0 Å². The largest absolute Gasteiger partial charge is 0.294 e. The third-order valence-corrected chi connectivity index (χ3v) is 6.15. The van der Waals surface area contributed by atoms with E-state index >= 15 is 0 Å². The van der Waals surface area contributed by atoms with Crippen LogP contribution in [0.4, 0.5) is 0 Å². The lowest BCUT2D eigenvalue weighted by Crippen LogP contribution is -2.03. The second-order valence-corrected chi connectivity index (χ2v) is 9.67. The smallest absolute Gasteiger partial charge is 0.282 e. The van der Waals surface area contributed by atoms with Crippen LogP contribution in [0.25, 0.3) is 10.8 Å². The minimum absolute atomic E-state index is 0.00148. The minimum Gasteiger partial charge on any atom is -0.282 e. The Labute approximate surface area is 244 Å². The molecule has 0 atom stereocenters. The molecule has 0 bridgehead atoms. The Morgan fingerprint density at radius 2 is 1.13 bits per heavy atom. The van der Waals surface area contributed by atoms with E-state index in [-0.39, 0.29) is 4.90 Å². The van der Waals surface area contributed by atoms with Crippen LogP contribution in [-0.4, -0.2) is 13.0 Å². The fourth-order valence-corrected chi connectivity index (χ4v) is 3.95. The lowest BCUT2D eigenvalue weighted by atomic mass is 9.95. The van der Waals surface area contributed by atoms with Crippen molar-refractivity contribution < 1.29 is 13.0 Å². The molecule has 3 aromatic rings. The molecule has 226 valence electrons. The molecule has 0 saturated carbocycles. The summed E-state index contributed by atoms with van der Waals surface area (Å²) in [5.41, 5.74) is 5.40. The quantitative estimate of drug-likeness (QED) is 0.323. The van der Waals surface area contributed by atoms with Crippen LogP contribution in [0, 0.1) is 20.8 Å². The molecule has 39 heavy (non-hydrogen) atoms. The standard InChI is InChI=1S/C15H18O3S.C9H12.C3H8.4C2H6/c1-9(2)12-5-6-14-10(3)11(4)15(19(16,17)18)8-13(14)7-12;1-3-9-6-4-8(2)5-7-9;1-3-2;4*1-2/h5-9H,1-4H3,(H,16,17,18);4-7H,3H2,1-2H3;3H2,1-2H3;4*1-2H3. The maximum absolute atomic E-state index is 11.4. The van der Waals surface area contributed by atoms with Crippen molar-refractivity contribution in [2.45, 2.75) is 134 Å². The summed E-state index contributed by atoms with van der Waals surface area (Å²) in [6, 6.07) is 16.3. The summed E-state index contributed by atoms with van der Waals surface area (Å²) in [5.74, 6) is 0.375. The van der Waals surface area contributed by atoms with Gasteiger partial charge in [-0.1, -0.05) is 144 Å². The zero-order valence-corrected chi connectivity index (χ0v) is 29.1. The van der Waals surface area contributed by atoms with Gasteiger partial charge in [-0.05, 0) is 72.2 Å². The Hall–Kier alpha value is -2.17. The maximum atomic E-state index is 11.4. The van der Waals surface area contributed by atoms with Gasteiger partial charge in [0, 0.05) is 0 Å². The van der Waals surface area contributed by atoms with Gasteiger partial charge in [0.05, 0.1) is 4.90 Å². The molecule has 0 saturated heterocycles. The normalized spacial score (nSPS) is 9.28. The Kier molecular flexibility index (Phi) is 29.3. The van der Waals surface area contributed by atoms with Gasteiger partial charge in [0.15, 0.2) is 0 Å². The zero-order chi connectivity index (χ0) is 31.8. The summed E-state index contributed by atoms with van der Waals surface area (Å²) in [6.07, 6.45) is 2.39. The summed E-state index contributed by atoms with van der Waals surface area (Å²) in [6.45, 7) is 32.3. The van der Waals surface area contributed by atoms with E-state index in [4.69, 9.17) is 0 Å². The summed E-state index contributed by atoms with van der Waals surface area (Å²) in [5, 5.41) is 1.87. The van der Waals surface area contributed by atoms with Crippen LogP contribution in [0.15, 0.2) is 53.4 Å². The van der Waals surface area contributed by atoms with E-state index in [0.717, 1.165) is 28.3 Å². The van der Waals surface area contributed by atoms with Crippen molar-refractivity contribution in [2.24, 2.45) is 0 Å². The summed E-state index contributed by atoms with van der Waals surface area (Å²) in [4.78, 5) is -0.00148. The lowest BCUT2D eigenvalue weighted by molar-refractivity contribution is 0.482. The Morgan fingerprint density at radius 3 is 1.49 bits per heavy atom. The molecule has 0 aromatic heterocycles. The second-order valence-electron chi connectivity index (χ2n) is 8.28. The topological polar surface area (TPSA) is 54.4 Å². The number of hydrogen-bond acceptors (Lipinski definition) is 2. The van der Waals surface area contributed by atoms with Crippen LogP contribution in [0.5, 0.6) is 0 Å². The highest BCUT2D eigenvalue weighted by molar-refractivity contribution is 7.85. The number of fused-ring (bicyclic) bond motifs is 1. The average molecular weight is 563 g/mol. The highest BCUT2D eigenvalue weighted by Crippen LogP contribution is 2.30. The van der Waals surface area contributed by atoms with Crippen molar-refractivity contribution in [1.29, 1.82) is 0 Å². The third kappa shape index (κ3) is 17.2. The van der Waals surface area contributed by atoms with Gasteiger partial charge in [0.2, 0.25) is 0 Å². The van der Waals surface area contributed by atoms with Gasteiger partial charge in [-0.3, -0.25) is 4.55 Å².